The van der Waals surface area contributed by atoms with Crippen molar-refractivity contribution in [3.63, 3.8) is 0 Å². The van der Waals surface area contributed by atoms with Gasteiger partial charge in [0.2, 0.25) is 0 Å². The van der Waals surface area contributed by atoms with E-state index in [1.165, 1.54) is 49.0 Å². The van der Waals surface area contributed by atoms with Gasteiger partial charge >= 0.3 is 0 Å². The molecule has 3 heterocycles. The van der Waals surface area contributed by atoms with Crippen LogP contribution < -0.4 is 22.1 Å². The molecule has 1 saturated carbocycles. The fraction of sp³-hybridized carbons (Fsp3) is 0.417. The van der Waals surface area contributed by atoms with Crippen molar-refractivity contribution in [1.82, 2.24) is 14.5 Å². The van der Waals surface area contributed by atoms with Crippen LogP contribution in [0.5, 0.6) is 0 Å². The zero-order valence-electron chi connectivity index (χ0n) is 20.0. The molecule has 0 atom stereocenters. The Morgan fingerprint density at radius 2 is 1.92 bits per heavy atom. The summed E-state index contributed by atoms with van der Waals surface area (Å²) in [5.74, 6) is -0.324. The Labute approximate surface area is 213 Å². The highest BCUT2D eigenvalue weighted by atomic mass is 32.2. The van der Waals surface area contributed by atoms with Gasteiger partial charge in [-0.25, -0.2) is 23.1 Å². The van der Waals surface area contributed by atoms with Crippen LogP contribution in [0.4, 0.5) is 24.7 Å². The van der Waals surface area contributed by atoms with Gasteiger partial charge in [-0.05, 0) is 37.8 Å². The van der Waals surface area contributed by atoms with Crippen LogP contribution in [-0.2, 0) is 23.3 Å². The van der Waals surface area contributed by atoms with Crippen LogP contribution in [0.15, 0.2) is 35.4 Å². The summed E-state index contributed by atoms with van der Waals surface area (Å²) in [7, 11) is 0.477. The lowest BCUT2D eigenvalue weighted by atomic mass is 9.77. The molecule has 1 saturated heterocycles. The van der Waals surface area contributed by atoms with E-state index in [-0.39, 0.29) is 35.6 Å². The summed E-state index contributed by atoms with van der Waals surface area (Å²) in [4.78, 5) is 21.3. The number of nitriles is 1. The average Bonchev–Trinajstić information content (AvgIpc) is 3.68. The van der Waals surface area contributed by atoms with Crippen molar-refractivity contribution in [2.45, 2.75) is 43.6 Å². The number of hydrogen-bond acceptors (Lipinski definition) is 8. The number of hydrazine groups is 1. The molecule has 1 aliphatic carbocycles. The van der Waals surface area contributed by atoms with Crippen LogP contribution in [0.3, 0.4) is 0 Å². The Balaban J connectivity index is 0.000000730. The molecule has 1 aliphatic heterocycles. The summed E-state index contributed by atoms with van der Waals surface area (Å²) in [6.45, 7) is 0. The van der Waals surface area contributed by atoms with Gasteiger partial charge < -0.3 is 5.73 Å². The summed E-state index contributed by atoms with van der Waals surface area (Å²) >= 11 is 0. The molecule has 37 heavy (non-hydrogen) atoms. The van der Waals surface area contributed by atoms with E-state index in [1.54, 1.807) is 0 Å². The van der Waals surface area contributed by atoms with Gasteiger partial charge in [0.05, 0.1) is 28.1 Å². The van der Waals surface area contributed by atoms with Gasteiger partial charge in [0.25, 0.3) is 12.0 Å². The lowest BCUT2D eigenvalue weighted by Gasteiger charge is -2.30. The number of benzene rings is 1. The van der Waals surface area contributed by atoms with E-state index in [0.717, 1.165) is 6.07 Å². The molecule has 3 aromatic rings. The molecule has 0 bridgehead atoms. The van der Waals surface area contributed by atoms with Crippen molar-refractivity contribution < 1.29 is 17.4 Å². The second-order valence-electron chi connectivity index (χ2n) is 9.02. The number of halogens is 3. The first-order chi connectivity index (χ1) is 17.7. The van der Waals surface area contributed by atoms with Gasteiger partial charge in [0.15, 0.2) is 11.6 Å². The molecule has 196 valence electrons. The predicted molar refractivity (Wildman–Crippen MR) is 135 cm³/mol. The largest absolute Gasteiger partial charge is 0.328 e. The molecule has 1 aromatic carbocycles. The van der Waals surface area contributed by atoms with Crippen LogP contribution in [0, 0.1) is 17.1 Å². The lowest BCUT2D eigenvalue weighted by molar-refractivity contribution is 0.146. The van der Waals surface area contributed by atoms with Crippen molar-refractivity contribution in [2.24, 2.45) is 12.8 Å². The minimum Gasteiger partial charge on any atom is -0.328 e. The number of nitrogens with two attached hydrogens (primary N) is 1. The van der Waals surface area contributed by atoms with Gasteiger partial charge in [0, 0.05) is 41.0 Å². The number of pyridine rings is 1. The van der Waals surface area contributed by atoms with Gasteiger partial charge in [-0.1, -0.05) is 12.1 Å². The molecule has 0 radical (unpaired) electrons. The van der Waals surface area contributed by atoms with Crippen molar-refractivity contribution in [3.8, 4) is 6.07 Å². The third kappa shape index (κ3) is 5.60. The van der Waals surface area contributed by atoms with E-state index < -0.39 is 39.6 Å². The van der Waals surface area contributed by atoms with E-state index in [4.69, 9.17) is 5.73 Å². The average molecular weight is 534 g/mol. The Hall–Kier alpha value is -3.50. The second-order valence-corrected chi connectivity index (χ2v) is 10.7. The zero-order chi connectivity index (χ0) is 26.7. The summed E-state index contributed by atoms with van der Waals surface area (Å²) < 4.78 is 53.5. The summed E-state index contributed by atoms with van der Waals surface area (Å²) in [6.07, 6.45) is 1.30. The highest BCUT2D eigenvalue weighted by Gasteiger charge is 2.39. The highest BCUT2D eigenvalue weighted by molar-refractivity contribution is 7.85. The highest BCUT2D eigenvalue weighted by Crippen LogP contribution is 2.35. The molecule has 2 fully saturated rings. The topological polar surface area (TPSA) is 139 Å². The molecular weight excluding hydrogens is 507 g/mol. The number of rotatable bonds is 5. The van der Waals surface area contributed by atoms with E-state index in [0.29, 0.717) is 22.9 Å². The first kappa shape index (κ1) is 26.6. The fourth-order valence-electron chi connectivity index (χ4n) is 3.99. The van der Waals surface area contributed by atoms with Crippen molar-refractivity contribution in [2.75, 3.05) is 22.4 Å². The standard InChI is InChI=1S/C21H19F3N6O2S.C3H7N/c1-30-19-13(9-14(20(30)31)21(10-25)5-7-33(32)8-6-21)18(26-11-27-19)29-28-15-4-2-3-12(16(15)22)17(23)24;4-3-1-2-3/h2-4,9,11,17,28H,5-8H2,1H3,(H,26,27,29);3H,1-2,4H2. The molecular formula is C24H26F3N7O2S. The Kier molecular flexibility index (Phi) is 7.79. The number of nitrogens with one attached hydrogen (secondary N) is 2. The zero-order valence-corrected chi connectivity index (χ0v) is 20.8. The number of aryl methyl sites for hydroxylation is 1. The van der Waals surface area contributed by atoms with Crippen LogP contribution >= 0.6 is 0 Å². The van der Waals surface area contributed by atoms with Crippen LogP contribution in [0.1, 0.15) is 43.2 Å². The Morgan fingerprint density at radius 3 is 2.51 bits per heavy atom. The Bertz CT molecular complexity index is 1430. The first-order valence-corrected chi connectivity index (χ1v) is 13.1. The van der Waals surface area contributed by atoms with Crippen LogP contribution in [-0.4, -0.2) is 36.3 Å². The van der Waals surface area contributed by atoms with E-state index in [2.05, 4.69) is 26.9 Å². The molecule has 0 spiro atoms. The molecule has 9 nitrogen and oxygen atoms in total. The summed E-state index contributed by atoms with van der Waals surface area (Å²) in [5.41, 5.74) is 8.49. The number of aromatic nitrogens is 3. The minimum atomic E-state index is -2.98. The fourth-order valence-corrected chi connectivity index (χ4v) is 5.35. The molecule has 4 N–H and O–H groups in total. The predicted octanol–water partition coefficient (Wildman–Crippen LogP) is 3.26. The van der Waals surface area contributed by atoms with Crippen molar-refractivity contribution in [3.05, 3.63) is 57.9 Å². The number of nitrogens with zero attached hydrogens (tertiary/aromatic N) is 4. The maximum absolute atomic E-state index is 14.4. The van der Waals surface area contributed by atoms with Gasteiger partial charge in [-0.2, -0.15) is 5.26 Å². The normalized spacial score (nSPS) is 21.2. The molecule has 2 aromatic heterocycles. The monoisotopic (exact) mass is 533 g/mol. The number of anilines is 2. The third-order valence-electron chi connectivity index (χ3n) is 6.45. The SMILES string of the molecule is Cn1c(=O)c(C2(C#N)CCS(=O)CC2)cc2c(NNc3cccc(C(F)F)c3F)ncnc21.NC1CC1. The van der Waals surface area contributed by atoms with Crippen LogP contribution in [0.2, 0.25) is 0 Å². The van der Waals surface area contributed by atoms with Crippen LogP contribution in [0.25, 0.3) is 11.0 Å². The van der Waals surface area contributed by atoms with Gasteiger partial charge in [0.1, 0.15) is 12.0 Å². The van der Waals surface area contributed by atoms with E-state index in [1.807, 2.05) is 0 Å². The lowest BCUT2D eigenvalue weighted by Crippen LogP contribution is -2.39. The first-order valence-electron chi connectivity index (χ1n) is 11.6. The van der Waals surface area contributed by atoms with Gasteiger partial charge in [-0.15, -0.1) is 0 Å². The smallest absolute Gasteiger partial charge is 0.266 e. The summed E-state index contributed by atoms with van der Waals surface area (Å²) in [5, 5.41) is 10.3. The van der Waals surface area contributed by atoms with E-state index in [9.17, 15) is 27.4 Å². The number of fused-ring (bicyclic) bond motifs is 1. The molecule has 0 amide bonds. The van der Waals surface area contributed by atoms with Crippen molar-refractivity contribution >= 4 is 33.3 Å². The molecule has 13 heteroatoms. The number of alkyl halides is 2. The second kappa shape index (κ2) is 10.9. The third-order valence-corrected chi connectivity index (χ3v) is 7.77. The molecule has 5 rings (SSSR count). The van der Waals surface area contributed by atoms with Crippen molar-refractivity contribution in [1.29, 1.82) is 5.26 Å². The maximum atomic E-state index is 14.4. The minimum absolute atomic E-state index is 0.158. The summed E-state index contributed by atoms with van der Waals surface area (Å²) in [6, 6.07) is 7.91. The Morgan fingerprint density at radius 1 is 1.24 bits per heavy atom. The molecule has 2 aliphatic rings. The van der Waals surface area contributed by atoms with Gasteiger partial charge in [-0.3, -0.25) is 24.4 Å². The maximum Gasteiger partial charge on any atom is 0.266 e. The molecule has 0 unspecified atom stereocenters. The quantitative estimate of drug-likeness (QED) is 0.425. The number of hydrogen-bond donors (Lipinski definition) is 3. The van der Waals surface area contributed by atoms with E-state index >= 15 is 0 Å².